The van der Waals surface area contributed by atoms with Gasteiger partial charge in [-0.05, 0) is 12.8 Å². The zero-order valence-electron chi connectivity index (χ0n) is 5.36. The third-order valence-electron chi connectivity index (χ3n) is 0.787. The molecule has 0 saturated carbocycles. The molecule has 0 aliphatic carbocycles. The van der Waals surface area contributed by atoms with Crippen molar-refractivity contribution in [3.8, 4) is 0 Å². The van der Waals surface area contributed by atoms with Crippen molar-refractivity contribution < 1.29 is 18.9 Å². The molecule has 0 amide bonds. The number of phosphoric acid groups is 1. The summed E-state index contributed by atoms with van der Waals surface area (Å²) in [6.45, 7) is 0.121. The van der Waals surface area contributed by atoms with Gasteiger partial charge in [0.1, 0.15) is 0 Å². The topological polar surface area (TPSA) is 66.8 Å². The van der Waals surface area contributed by atoms with Gasteiger partial charge in [-0.25, -0.2) is 4.57 Å². The van der Waals surface area contributed by atoms with Crippen LogP contribution >= 0.6 is 23.8 Å². The molecule has 0 atom stereocenters. The van der Waals surface area contributed by atoms with E-state index in [1.165, 1.54) is 0 Å². The van der Waals surface area contributed by atoms with Gasteiger partial charge >= 0.3 is 59.2 Å². The zero-order valence-corrected chi connectivity index (χ0v) is 7.84. The number of hydrogen-bond donors (Lipinski definition) is 2. The minimum absolute atomic E-state index is 0. The van der Waals surface area contributed by atoms with Crippen molar-refractivity contribution in [3.63, 3.8) is 0 Å². The number of rotatable bonds is 5. The Morgan fingerprint density at radius 1 is 1.36 bits per heavy atom. The van der Waals surface area contributed by atoms with Crippen LogP contribution in [0.15, 0.2) is 0 Å². The molecule has 0 bridgehead atoms. The molecule has 0 unspecified atom stereocenters. The van der Waals surface area contributed by atoms with E-state index in [2.05, 4.69) is 20.5 Å². The number of phosphoric ester groups is 1. The molecule has 64 valence electrons. The van der Waals surface area contributed by atoms with E-state index < -0.39 is 7.82 Å². The van der Waals surface area contributed by atoms with E-state index in [4.69, 9.17) is 9.79 Å². The summed E-state index contributed by atoms with van der Waals surface area (Å²) >= 11 is 3.18. The van der Waals surface area contributed by atoms with E-state index in [1.807, 2.05) is 0 Å². The Balaban J connectivity index is 0. The molecule has 0 aliphatic rings. The van der Waals surface area contributed by atoms with Gasteiger partial charge in [-0.15, -0.1) is 0 Å². The normalized spacial score (nSPS) is 10.8. The van der Waals surface area contributed by atoms with Crippen LogP contribution in [0.5, 0.6) is 0 Å². The average molecular weight is 273 g/mol. The Labute approximate surface area is 117 Å². The van der Waals surface area contributed by atoms with Crippen LogP contribution in [-0.4, -0.2) is 73.1 Å². The van der Waals surface area contributed by atoms with Crippen molar-refractivity contribution in [2.45, 2.75) is 12.8 Å². The third kappa shape index (κ3) is 15.0. The molecular formula is C4H11BrKO4P. The van der Waals surface area contributed by atoms with Crippen LogP contribution in [0, 0.1) is 0 Å². The fraction of sp³-hybridized carbons (Fsp3) is 1.00. The Kier molecular flexibility index (Phi) is 12.6. The second-order valence-electron chi connectivity index (χ2n) is 1.72. The summed E-state index contributed by atoms with van der Waals surface area (Å²) in [5.74, 6) is 0. The van der Waals surface area contributed by atoms with Crippen LogP contribution < -0.4 is 0 Å². The van der Waals surface area contributed by atoms with Crippen LogP contribution in [0.1, 0.15) is 12.8 Å². The van der Waals surface area contributed by atoms with E-state index >= 15 is 0 Å². The van der Waals surface area contributed by atoms with Crippen LogP contribution in [-0.2, 0) is 9.09 Å². The van der Waals surface area contributed by atoms with E-state index in [-0.39, 0.29) is 58.0 Å². The summed E-state index contributed by atoms with van der Waals surface area (Å²) in [7, 11) is -4.22. The van der Waals surface area contributed by atoms with Gasteiger partial charge < -0.3 is 9.79 Å². The Morgan fingerprint density at radius 3 is 2.27 bits per heavy atom. The van der Waals surface area contributed by atoms with Crippen LogP contribution in [0.2, 0.25) is 0 Å². The standard InChI is InChI=1S/C4H10BrO4P.K.H/c5-3-1-2-4-9-10(6,7)8;;/h1-4H2,(H2,6,7,8);;. The number of unbranched alkanes of at least 4 members (excludes halogenated alkanes) is 1. The number of halogens is 1. The van der Waals surface area contributed by atoms with E-state index in [0.717, 1.165) is 11.8 Å². The van der Waals surface area contributed by atoms with Gasteiger partial charge in [0.15, 0.2) is 0 Å². The molecule has 0 radical (unpaired) electrons. The van der Waals surface area contributed by atoms with Gasteiger partial charge in [0, 0.05) is 5.33 Å². The molecule has 2 N–H and O–H groups in total. The summed E-state index contributed by atoms with van der Waals surface area (Å²) in [6, 6.07) is 0. The van der Waals surface area contributed by atoms with E-state index in [0.29, 0.717) is 6.42 Å². The first-order valence-corrected chi connectivity index (χ1v) is 5.47. The molecule has 0 saturated heterocycles. The number of hydrogen-bond acceptors (Lipinski definition) is 2. The Bertz CT molecular complexity index is 127. The molecule has 11 heavy (non-hydrogen) atoms. The first kappa shape index (κ1) is 15.7. The van der Waals surface area contributed by atoms with Crippen LogP contribution in [0.3, 0.4) is 0 Å². The second-order valence-corrected chi connectivity index (χ2v) is 3.75. The molecule has 0 heterocycles. The molecule has 7 heteroatoms. The molecule has 4 nitrogen and oxygen atoms in total. The predicted octanol–water partition coefficient (Wildman–Crippen LogP) is 0.622. The summed E-state index contributed by atoms with van der Waals surface area (Å²) in [5.41, 5.74) is 0. The van der Waals surface area contributed by atoms with Gasteiger partial charge in [0.2, 0.25) is 0 Å². The Hall–Kier alpha value is 2.23. The molecule has 0 spiro atoms. The average Bonchev–Trinajstić information content (AvgIpc) is 1.78. The van der Waals surface area contributed by atoms with Gasteiger partial charge in [-0.1, -0.05) is 15.9 Å². The quantitative estimate of drug-likeness (QED) is 0.333. The summed E-state index contributed by atoms with van der Waals surface area (Å²) in [5, 5.41) is 0.831. The van der Waals surface area contributed by atoms with Crippen molar-refractivity contribution in [1.82, 2.24) is 0 Å². The fourth-order valence-corrected chi connectivity index (χ4v) is 1.14. The minimum atomic E-state index is -4.22. The van der Waals surface area contributed by atoms with Crippen molar-refractivity contribution >= 4 is 75.1 Å². The molecule has 0 fully saturated rings. The van der Waals surface area contributed by atoms with Crippen molar-refractivity contribution in [3.05, 3.63) is 0 Å². The molecule has 0 rings (SSSR count). The molecule has 0 aromatic carbocycles. The second kappa shape index (κ2) is 8.81. The van der Waals surface area contributed by atoms with Gasteiger partial charge in [0.25, 0.3) is 0 Å². The number of alkyl halides is 1. The van der Waals surface area contributed by atoms with Crippen molar-refractivity contribution in [2.24, 2.45) is 0 Å². The summed E-state index contributed by atoms with van der Waals surface area (Å²) < 4.78 is 14.2. The molecule has 0 aliphatic heterocycles. The van der Waals surface area contributed by atoms with Crippen LogP contribution in [0.4, 0.5) is 0 Å². The molecule has 0 aromatic rings. The zero-order chi connectivity index (χ0) is 8.04. The van der Waals surface area contributed by atoms with Gasteiger partial charge in [-0.2, -0.15) is 0 Å². The van der Waals surface area contributed by atoms with E-state index in [9.17, 15) is 4.57 Å². The maximum absolute atomic E-state index is 10.1. The van der Waals surface area contributed by atoms with Crippen molar-refractivity contribution in [1.29, 1.82) is 0 Å². The van der Waals surface area contributed by atoms with Gasteiger partial charge in [-0.3, -0.25) is 4.52 Å². The van der Waals surface area contributed by atoms with Crippen LogP contribution in [0.25, 0.3) is 0 Å². The van der Waals surface area contributed by atoms with E-state index in [1.54, 1.807) is 0 Å². The summed E-state index contributed by atoms with van der Waals surface area (Å²) in [6.07, 6.45) is 1.52. The monoisotopic (exact) mass is 272 g/mol. The maximum atomic E-state index is 10.1. The SMILES string of the molecule is O=P(O)(O)OCCCCBr.[KH]. The van der Waals surface area contributed by atoms with Gasteiger partial charge in [0.05, 0.1) is 6.61 Å². The first-order valence-electron chi connectivity index (χ1n) is 2.82. The Morgan fingerprint density at radius 2 is 1.91 bits per heavy atom. The third-order valence-corrected chi connectivity index (χ3v) is 1.87. The first-order chi connectivity index (χ1) is 4.56. The molecule has 0 aromatic heterocycles. The molecular weight excluding hydrogens is 262 g/mol. The fourth-order valence-electron chi connectivity index (χ4n) is 0.380. The summed E-state index contributed by atoms with van der Waals surface area (Å²) in [4.78, 5) is 16.4. The predicted molar refractivity (Wildman–Crippen MR) is 48.2 cm³/mol. The van der Waals surface area contributed by atoms with Crippen molar-refractivity contribution in [2.75, 3.05) is 11.9 Å².